The molecule has 152 valence electrons. The Labute approximate surface area is 164 Å². The molecule has 1 aromatic carbocycles. The van der Waals surface area contributed by atoms with E-state index in [0.717, 1.165) is 70.1 Å². The van der Waals surface area contributed by atoms with E-state index < -0.39 is 5.97 Å². The number of ether oxygens (including phenoxy) is 1. The molecule has 4 heteroatoms. The lowest BCUT2D eigenvalue weighted by atomic mass is 10.0. The van der Waals surface area contributed by atoms with Gasteiger partial charge in [-0.25, -0.2) is 0 Å². The zero-order valence-corrected chi connectivity index (χ0v) is 17.1. The predicted molar refractivity (Wildman–Crippen MR) is 109 cm³/mol. The van der Waals surface area contributed by atoms with E-state index in [2.05, 4.69) is 32.0 Å². The van der Waals surface area contributed by atoms with Crippen molar-refractivity contribution >= 4 is 11.8 Å². The quantitative estimate of drug-likeness (QED) is 0.391. The van der Waals surface area contributed by atoms with E-state index in [0.29, 0.717) is 18.6 Å². The van der Waals surface area contributed by atoms with Gasteiger partial charge in [-0.1, -0.05) is 43.9 Å². The number of carboxylic acids is 1. The van der Waals surface area contributed by atoms with Crippen molar-refractivity contribution < 1.29 is 19.4 Å². The Balaban J connectivity index is 1.90. The molecule has 0 unspecified atom stereocenters. The first-order valence-corrected chi connectivity index (χ1v) is 10.4. The fourth-order valence-corrected chi connectivity index (χ4v) is 3.05. The molecule has 0 bridgehead atoms. The maximum atomic E-state index is 12.1. The number of ketones is 1. The largest absolute Gasteiger partial charge is 0.481 e. The van der Waals surface area contributed by atoms with Crippen molar-refractivity contribution in [1.82, 2.24) is 0 Å². The topological polar surface area (TPSA) is 63.6 Å². The summed E-state index contributed by atoms with van der Waals surface area (Å²) < 4.78 is 5.63. The normalized spacial score (nSPS) is 10.9. The van der Waals surface area contributed by atoms with Crippen LogP contribution >= 0.6 is 0 Å². The molecule has 0 aromatic heterocycles. The molecule has 4 nitrogen and oxygen atoms in total. The van der Waals surface area contributed by atoms with Crippen LogP contribution in [0.3, 0.4) is 0 Å². The van der Waals surface area contributed by atoms with Crippen molar-refractivity contribution in [3.8, 4) is 0 Å². The van der Waals surface area contributed by atoms with Crippen LogP contribution in [0.2, 0.25) is 0 Å². The molecule has 0 spiro atoms. The van der Waals surface area contributed by atoms with Gasteiger partial charge in [0.1, 0.15) is 5.78 Å². The Morgan fingerprint density at radius 2 is 1.41 bits per heavy atom. The summed E-state index contributed by atoms with van der Waals surface area (Å²) in [6, 6.07) is 6.25. The fraction of sp³-hybridized carbons (Fsp3) is 0.652. The fourth-order valence-electron chi connectivity index (χ4n) is 3.05. The standard InChI is InChI=1S/C23H36O4/c1-19-13-14-21(17-20(19)2)18-22(24)11-8-10-16-27-15-9-6-4-3-5-7-12-23(25)26/h13-14,17H,3-12,15-16,18H2,1-2H3,(H,25,26). The van der Waals surface area contributed by atoms with E-state index >= 15 is 0 Å². The van der Waals surface area contributed by atoms with Gasteiger partial charge in [-0.15, -0.1) is 0 Å². The van der Waals surface area contributed by atoms with Gasteiger partial charge in [0.05, 0.1) is 0 Å². The monoisotopic (exact) mass is 376 g/mol. The molecule has 1 rings (SSSR count). The van der Waals surface area contributed by atoms with Gasteiger partial charge in [0.25, 0.3) is 0 Å². The summed E-state index contributed by atoms with van der Waals surface area (Å²) in [5.74, 6) is -0.392. The van der Waals surface area contributed by atoms with Crippen LogP contribution in [-0.4, -0.2) is 30.1 Å². The number of hydrogen-bond acceptors (Lipinski definition) is 3. The molecule has 0 atom stereocenters. The van der Waals surface area contributed by atoms with Crippen LogP contribution in [0.15, 0.2) is 18.2 Å². The van der Waals surface area contributed by atoms with Gasteiger partial charge in [-0.05, 0) is 56.2 Å². The van der Waals surface area contributed by atoms with E-state index in [1.54, 1.807) is 0 Å². The van der Waals surface area contributed by atoms with E-state index in [-0.39, 0.29) is 6.42 Å². The average Bonchev–Trinajstić information content (AvgIpc) is 2.62. The number of benzene rings is 1. The second kappa shape index (κ2) is 14.4. The molecule has 0 aliphatic rings. The summed E-state index contributed by atoms with van der Waals surface area (Å²) in [6.07, 6.45) is 9.54. The summed E-state index contributed by atoms with van der Waals surface area (Å²) in [4.78, 5) is 22.4. The van der Waals surface area contributed by atoms with Gasteiger partial charge in [-0.2, -0.15) is 0 Å². The first kappa shape index (κ1) is 23.4. The summed E-state index contributed by atoms with van der Waals surface area (Å²) in [7, 11) is 0. The number of unbranched alkanes of at least 4 members (excludes halogenated alkanes) is 6. The third-order valence-electron chi connectivity index (χ3n) is 4.90. The maximum Gasteiger partial charge on any atom is 0.303 e. The van der Waals surface area contributed by atoms with Crippen LogP contribution in [0.5, 0.6) is 0 Å². The molecule has 27 heavy (non-hydrogen) atoms. The van der Waals surface area contributed by atoms with Crippen molar-refractivity contribution in [3.05, 3.63) is 34.9 Å². The van der Waals surface area contributed by atoms with Gasteiger partial charge in [-0.3, -0.25) is 9.59 Å². The van der Waals surface area contributed by atoms with Crippen molar-refractivity contribution in [1.29, 1.82) is 0 Å². The molecule has 0 heterocycles. The summed E-state index contributed by atoms with van der Waals surface area (Å²) in [5, 5.41) is 8.56. The molecule has 0 aliphatic carbocycles. The minimum Gasteiger partial charge on any atom is -0.481 e. The summed E-state index contributed by atoms with van der Waals surface area (Å²) in [5.41, 5.74) is 3.62. The highest BCUT2D eigenvalue weighted by Crippen LogP contribution is 2.12. The molecule has 1 aromatic rings. The highest BCUT2D eigenvalue weighted by atomic mass is 16.5. The van der Waals surface area contributed by atoms with Crippen LogP contribution in [0.4, 0.5) is 0 Å². The van der Waals surface area contributed by atoms with Gasteiger partial charge in [0.2, 0.25) is 0 Å². The number of aliphatic carboxylic acids is 1. The Morgan fingerprint density at radius 1 is 0.815 bits per heavy atom. The minimum atomic E-state index is -0.699. The van der Waals surface area contributed by atoms with Crippen molar-refractivity contribution in [2.75, 3.05) is 13.2 Å². The molecule has 0 aliphatic heterocycles. The van der Waals surface area contributed by atoms with Crippen molar-refractivity contribution in [2.45, 2.75) is 84.5 Å². The number of hydrogen-bond donors (Lipinski definition) is 1. The first-order chi connectivity index (χ1) is 13.0. The van der Waals surface area contributed by atoms with Gasteiger partial charge in [0.15, 0.2) is 0 Å². The van der Waals surface area contributed by atoms with Crippen LogP contribution < -0.4 is 0 Å². The minimum absolute atomic E-state index is 0.288. The van der Waals surface area contributed by atoms with Crippen molar-refractivity contribution in [3.63, 3.8) is 0 Å². The molecular formula is C23H36O4. The maximum absolute atomic E-state index is 12.1. The number of rotatable bonds is 16. The third-order valence-corrected chi connectivity index (χ3v) is 4.90. The zero-order chi connectivity index (χ0) is 19.9. The van der Waals surface area contributed by atoms with Crippen LogP contribution in [0.25, 0.3) is 0 Å². The van der Waals surface area contributed by atoms with E-state index in [1.165, 1.54) is 11.1 Å². The molecule has 0 fully saturated rings. The predicted octanol–water partition coefficient (Wildman–Crippen LogP) is 5.42. The Hall–Kier alpha value is -1.68. The molecule has 0 saturated heterocycles. The van der Waals surface area contributed by atoms with E-state index in [4.69, 9.17) is 9.84 Å². The average molecular weight is 377 g/mol. The SMILES string of the molecule is Cc1ccc(CC(=O)CCCCOCCCCCCCCC(=O)O)cc1C. The Bertz CT molecular complexity index is 565. The summed E-state index contributed by atoms with van der Waals surface area (Å²) >= 11 is 0. The van der Waals surface area contributed by atoms with Gasteiger partial charge >= 0.3 is 5.97 Å². The van der Waals surface area contributed by atoms with Gasteiger partial charge in [0, 0.05) is 32.5 Å². The Morgan fingerprint density at radius 3 is 2.07 bits per heavy atom. The lowest BCUT2D eigenvalue weighted by molar-refractivity contribution is -0.137. The van der Waals surface area contributed by atoms with Crippen molar-refractivity contribution in [2.24, 2.45) is 0 Å². The number of carbonyl (C=O) groups is 2. The second-order valence-corrected chi connectivity index (χ2v) is 7.47. The number of carbonyl (C=O) groups excluding carboxylic acids is 1. The summed E-state index contributed by atoms with van der Waals surface area (Å²) in [6.45, 7) is 5.69. The first-order valence-electron chi connectivity index (χ1n) is 10.4. The smallest absolute Gasteiger partial charge is 0.303 e. The van der Waals surface area contributed by atoms with Gasteiger partial charge < -0.3 is 9.84 Å². The Kier molecular flexibility index (Phi) is 12.4. The van der Waals surface area contributed by atoms with Crippen LogP contribution in [0, 0.1) is 13.8 Å². The highest BCUT2D eigenvalue weighted by molar-refractivity contribution is 5.80. The van der Waals surface area contributed by atoms with Crippen LogP contribution in [0.1, 0.15) is 80.9 Å². The second-order valence-electron chi connectivity index (χ2n) is 7.47. The van der Waals surface area contributed by atoms with E-state index in [9.17, 15) is 9.59 Å². The molecule has 0 amide bonds. The number of carboxylic acid groups (broad SMARTS) is 1. The molecular weight excluding hydrogens is 340 g/mol. The lowest BCUT2D eigenvalue weighted by Gasteiger charge is -2.06. The third kappa shape index (κ3) is 12.4. The number of aryl methyl sites for hydroxylation is 2. The highest BCUT2D eigenvalue weighted by Gasteiger charge is 2.05. The number of Topliss-reactive ketones (excluding diaryl/α,β-unsaturated/α-hetero) is 1. The zero-order valence-electron chi connectivity index (χ0n) is 17.1. The molecule has 0 radical (unpaired) electrons. The van der Waals surface area contributed by atoms with E-state index in [1.807, 2.05) is 0 Å². The molecule has 1 N–H and O–H groups in total. The van der Waals surface area contributed by atoms with Crippen LogP contribution in [-0.2, 0) is 20.7 Å². The lowest BCUT2D eigenvalue weighted by Crippen LogP contribution is -2.04. The molecule has 0 saturated carbocycles.